The van der Waals surface area contributed by atoms with Gasteiger partial charge in [0.15, 0.2) is 0 Å². The van der Waals surface area contributed by atoms with Crippen molar-refractivity contribution in [2.24, 2.45) is 0 Å². The summed E-state index contributed by atoms with van der Waals surface area (Å²) in [4.78, 5) is 7.15. The fourth-order valence-electron chi connectivity index (χ4n) is 10.7. The van der Waals surface area contributed by atoms with Gasteiger partial charge >= 0.3 is 0 Å². The van der Waals surface area contributed by atoms with Crippen LogP contribution in [0.25, 0.3) is 82.1 Å². The van der Waals surface area contributed by atoms with E-state index in [4.69, 9.17) is 22.1 Å². The highest BCUT2D eigenvalue weighted by molar-refractivity contribution is 6.22. The molecule has 1 aliphatic rings. The molecule has 0 radical (unpaired) electrons. The lowest BCUT2D eigenvalue weighted by Gasteiger charge is -2.27. The third-order valence-corrected chi connectivity index (χ3v) is 14.3. The number of anilines is 2. The van der Waals surface area contributed by atoms with Crippen molar-refractivity contribution in [1.29, 1.82) is 0 Å². The van der Waals surface area contributed by atoms with Gasteiger partial charge in [-0.3, -0.25) is 4.57 Å². The number of hydrogen-bond donors (Lipinski definition) is 0. The number of ether oxygens (including phenoxy) is 1. The van der Waals surface area contributed by atoms with E-state index in [0.29, 0.717) is 34.9 Å². The molecule has 0 saturated heterocycles. The molecule has 5 heteroatoms. The van der Waals surface area contributed by atoms with Crippen molar-refractivity contribution in [3.8, 4) is 28.4 Å². The number of hydrogen-bond acceptors (Lipinski definition) is 3. The van der Waals surface area contributed by atoms with Crippen LogP contribution in [0.4, 0.5) is 11.4 Å². The summed E-state index contributed by atoms with van der Waals surface area (Å²) in [7, 11) is 0. The van der Waals surface area contributed by atoms with Gasteiger partial charge in [-0.15, -0.1) is 0 Å². The van der Waals surface area contributed by atoms with Gasteiger partial charge in [-0.2, -0.15) is 0 Å². The molecule has 12 rings (SSSR count). The maximum atomic E-state index is 8.80. The number of benzene rings is 8. The number of aromatic nitrogens is 3. The van der Waals surface area contributed by atoms with Crippen molar-refractivity contribution in [3.63, 3.8) is 0 Å². The summed E-state index contributed by atoms with van der Waals surface area (Å²) in [6.07, 6.45) is 1.88. The highest BCUT2D eigenvalue weighted by Crippen LogP contribution is 2.46. The Morgan fingerprint density at radius 2 is 1.04 bits per heavy atom. The molecule has 0 amide bonds. The Hall–Kier alpha value is -7.89. The third-order valence-electron chi connectivity index (χ3n) is 14.3. The van der Waals surface area contributed by atoms with E-state index in [2.05, 4.69) is 150 Å². The first-order valence-corrected chi connectivity index (χ1v) is 24.3. The van der Waals surface area contributed by atoms with Crippen molar-refractivity contribution in [2.45, 2.75) is 85.0 Å². The zero-order valence-electron chi connectivity index (χ0n) is 49.8. The predicted molar refractivity (Wildman–Crippen MR) is 301 cm³/mol. The van der Waals surface area contributed by atoms with E-state index in [-0.39, 0.29) is 11.0 Å². The average Bonchev–Trinajstić information content (AvgIpc) is 3.97. The molecule has 0 aliphatic carbocycles. The van der Waals surface area contributed by atoms with Crippen molar-refractivity contribution in [1.82, 2.24) is 14.1 Å². The van der Waals surface area contributed by atoms with Crippen LogP contribution in [0.3, 0.4) is 0 Å². The Morgan fingerprint density at radius 1 is 0.465 bits per heavy atom. The summed E-state index contributed by atoms with van der Waals surface area (Å²) in [5.74, 6) is 2.11. The quantitative estimate of drug-likeness (QED) is 0.172. The van der Waals surface area contributed by atoms with E-state index in [1.54, 1.807) is 0 Å². The predicted octanol–water partition coefficient (Wildman–Crippen LogP) is 18.2. The molecule has 0 saturated carbocycles. The minimum atomic E-state index is -3.46. The number of rotatable bonds is 5. The van der Waals surface area contributed by atoms with Crippen LogP contribution in [0.2, 0.25) is 0 Å². The minimum absolute atomic E-state index is 0.0775. The lowest BCUT2D eigenvalue weighted by atomic mass is 9.78. The topological polar surface area (TPSA) is 35.2 Å². The molecule has 0 atom stereocenters. The van der Waals surface area contributed by atoms with E-state index in [1.165, 1.54) is 17.7 Å². The summed E-state index contributed by atoms with van der Waals surface area (Å²) in [6, 6.07) is 60.9. The van der Waals surface area contributed by atoms with Crippen LogP contribution in [0.5, 0.6) is 11.5 Å². The monoisotopic (exact) mass is 934 g/mol. The highest BCUT2D eigenvalue weighted by atomic mass is 16.5. The first-order chi connectivity index (χ1) is 37.8. The van der Waals surface area contributed by atoms with Crippen molar-refractivity contribution in [2.75, 3.05) is 4.90 Å². The fourth-order valence-corrected chi connectivity index (χ4v) is 10.7. The molecular formula is C66H60N4O. The van der Waals surface area contributed by atoms with Gasteiger partial charge < -0.3 is 14.2 Å². The molecular weight excluding hydrogens is 865 g/mol. The molecule has 0 N–H and O–H groups in total. The van der Waals surface area contributed by atoms with Crippen molar-refractivity contribution in [3.05, 3.63) is 205 Å². The first kappa shape index (κ1) is 35.2. The normalized spacial score (nSPS) is 15.5. The lowest BCUT2D eigenvalue weighted by Crippen LogP contribution is -2.17. The van der Waals surface area contributed by atoms with Gasteiger partial charge in [0, 0.05) is 63.5 Å². The van der Waals surface area contributed by atoms with Crippen LogP contribution < -0.4 is 9.64 Å². The van der Waals surface area contributed by atoms with Crippen LogP contribution >= 0.6 is 0 Å². The summed E-state index contributed by atoms with van der Waals surface area (Å²) < 4.78 is 90.5. The second-order valence-corrected chi connectivity index (χ2v) is 21.0. The largest absolute Gasteiger partial charge is 0.457 e. The summed E-state index contributed by atoms with van der Waals surface area (Å²) in [6.45, 7) is 2.39. The summed E-state index contributed by atoms with van der Waals surface area (Å²) in [5, 5.41) is 8.06. The van der Waals surface area contributed by atoms with Gasteiger partial charge in [-0.1, -0.05) is 183 Å². The van der Waals surface area contributed by atoms with Gasteiger partial charge in [0.05, 0.1) is 27.8 Å². The number of pyridine rings is 1. The molecule has 3 aromatic heterocycles. The van der Waals surface area contributed by atoms with E-state index >= 15 is 0 Å². The smallest absolute Gasteiger partial charge is 0.137 e. The Bertz CT molecular complexity index is 4340. The fraction of sp³-hybridized carbons (Fsp3) is 0.197. The Kier molecular flexibility index (Phi) is 8.12. The molecule has 8 aromatic carbocycles. The highest BCUT2D eigenvalue weighted by Gasteiger charge is 2.27. The Morgan fingerprint density at radius 3 is 1.73 bits per heavy atom. The van der Waals surface area contributed by atoms with Crippen LogP contribution in [-0.4, -0.2) is 14.1 Å². The van der Waals surface area contributed by atoms with E-state index in [9.17, 15) is 0 Å². The first-order valence-electron chi connectivity index (χ1n) is 28.8. The van der Waals surface area contributed by atoms with Crippen LogP contribution in [0, 0.1) is 0 Å². The molecule has 350 valence electrons. The molecule has 0 fully saturated rings. The maximum absolute atomic E-state index is 8.80. The lowest BCUT2D eigenvalue weighted by molar-refractivity contribution is 0.483. The molecule has 0 spiro atoms. The van der Waals surface area contributed by atoms with Gasteiger partial charge in [0.1, 0.15) is 24.0 Å². The summed E-state index contributed by atoms with van der Waals surface area (Å²) in [5.41, 5.74) is 4.16. The number of nitrogens with zero attached hydrogens (tertiary/aromatic N) is 4. The molecule has 0 unspecified atom stereocenters. The second kappa shape index (κ2) is 16.3. The van der Waals surface area contributed by atoms with Gasteiger partial charge in [0.25, 0.3) is 0 Å². The molecule has 4 heterocycles. The molecule has 5 nitrogen and oxygen atoms in total. The van der Waals surface area contributed by atoms with Crippen molar-refractivity contribution >= 4 is 76.5 Å². The summed E-state index contributed by atoms with van der Waals surface area (Å²) >= 11 is 0. The molecule has 71 heavy (non-hydrogen) atoms. The zero-order valence-corrected chi connectivity index (χ0v) is 40.8. The van der Waals surface area contributed by atoms with Crippen LogP contribution in [0.15, 0.2) is 188 Å². The van der Waals surface area contributed by atoms with Gasteiger partial charge in [-0.25, -0.2) is 4.98 Å². The van der Waals surface area contributed by atoms with Gasteiger partial charge in [-0.05, 0) is 109 Å². The zero-order chi connectivity index (χ0) is 56.5. The third kappa shape index (κ3) is 7.58. The minimum Gasteiger partial charge on any atom is -0.457 e. The molecule has 1 aliphatic heterocycles. The van der Waals surface area contributed by atoms with E-state index in [1.807, 2.05) is 81.6 Å². The standard InChI is InChI=1S/C66H60N4O/c1-64(2,3)43-33-34-67-61(38-43)70-58-29-15-14-25-54(58)55-32-31-48(40-60(55)70)71-47-20-16-19-46(39-47)68-41-69-62-49(42-35-44(65(4,5)6)37-45(36-42)66(7,8)9)26-17-27-56(62)52-23-12-10-21-50(52)51-22-11-13-24-53(51)57-28-18-30-59(68)63(57)69/h10-40H,41H2,1-9H3/i4D3,5D3,6D3. The van der Waals surface area contributed by atoms with Crippen molar-refractivity contribution < 1.29 is 17.1 Å². The number of fused-ring (bicyclic) bond motifs is 10. The Balaban J connectivity index is 1.08. The number of para-hydroxylation sites is 3. The van der Waals surface area contributed by atoms with Crippen LogP contribution in [0.1, 0.15) is 91.1 Å². The Labute approximate surface area is 429 Å². The average molecular weight is 934 g/mol. The molecule has 0 bridgehead atoms. The van der Waals surface area contributed by atoms with E-state index < -0.39 is 31.4 Å². The SMILES string of the molecule is [2H]C([2H])([2H])C(c1cc(-c2cccc3c4ccccc4c4ccccc4c4cccc5c4n(c23)CN5c2cccc(Oc3ccc4c5ccccc5n(-c5cc(C(C)(C)C)ccn5)c4c3)c2)cc(C(C)(C)C)c1)(C([2H])([2H])[2H])C([2H])([2H])[2H]. The van der Waals surface area contributed by atoms with Gasteiger partial charge in [0.2, 0.25) is 0 Å². The molecule has 11 aromatic rings. The second-order valence-electron chi connectivity index (χ2n) is 21.0. The van der Waals surface area contributed by atoms with E-state index in [0.717, 1.165) is 82.3 Å². The maximum Gasteiger partial charge on any atom is 0.137 e. The van der Waals surface area contributed by atoms with Crippen LogP contribution in [-0.2, 0) is 22.9 Å².